The summed E-state index contributed by atoms with van der Waals surface area (Å²) in [7, 11) is -3.77. The summed E-state index contributed by atoms with van der Waals surface area (Å²) in [4.78, 5) is 9.76. The maximum Gasteiger partial charge on any atom is 0.381 e. The van der Waals surface area contributed by atoms with E-state index in [1.165, 1.54) is 11.8 Å². The third-order valence-electron chi connectivity index (χ3n) is 4.66. The number of nitrogens with zero attached hydrogens (tertiary/aromatic N) is 3. The molecule has 2 aliphatic heterocycles. The van der Waals surface area contributed by atoms with Gasteiger partial charge in [-0.2, -0.15) is 4.98 Å². The summed E-state index contributed by atoms with van der Waals surface area (Å²) < 4.78 is 29.6. The molecule has 0 amide bonds. The van der Waals surface area contributed by atoms with Crippen LogP contribution in [0.25, 0.3) is 0 Å². The van der Waals surface area contributed by atoms with Gasteiger partial charge in [-0.25, -0.2) is 4.98 Å². The van der Waals surface area contributed by atoms with Gasteiger partial charge in [0.1, 0.15) is 23.5 Å². The van der Waals surface area contributed by atoms with Crippen LogP contribution in [0.1, 0.15) is 20.8 Å². The number of fused-ring (bicyclic) bond motifs is 1. The van der Waals surface area contributed by atoms with Gasteiger partial charge < -0.3 is 45.1 Å². The first-order valence-corrected chi connectivity index (χ1v) is 10.5. The van der Waals surface area contributed by atoms with Gasteiger partial charge in [0, 0.05) is 0 Å². The van der Waals surface area contributed by atoms with Crippen molar-refractivity contribution < 1.29 is 33.7 Å². The monoisotopic (exact) mass is 419 g/mol. The molecule has 3 heterocycles. The Morgan fingerprint density at radius 3 is 2.57 bits per heavy atom. The number of anilines is 3. The second-order valence-corrected chi connectivity index (χ2v) is 8.56. The number of aromatic nitrogens is 2. The molecule has 1 saturated heterocycles. The van der Waals surface area contributed by atoms with Gasteiger partial charge in [-0.15, -0.1) is 0 Å². The highest BCUT2D eigenvalue weighted by Crippen LogP contribution is 2.51. The van der Waals surface area contributed by atoms with Crippen LogP contribution in [-0.4, -0.2) is 75.8 Å². The lowest BCUT2D eigenvalue weighted by molar-refractivity contribution is -0.0629. The Morgan fingerprint density at radius 1 is 1.39 bits per heavy atom. The van der Waals surface area contributed by atoms with E-state index in [1.54, 1.807) is 13.8 Å². The fourth-order valence-electron chi connectivity index (χ4n) is 3.38. The molecule has 28 heavy (non-hydrogen) atoms. The third kappa shape index (κ3) is 3.35. The summed E-state index contributed by atoms with van der Waals surface area (Å²) in [5.41, 5.74) is 4.38. The highest BCUT2D eigenvalue weighted by molar-refractivity contribution is 7.62. The van der Waals surface area contributed by atoms with Gasteiger partial charge in [0.15, 0.2) is 17.5 Å². The van der Waals surface area contributed by atoms with Crippen molar-refractivity contribution in [2.24, 2.45) is 0 Å². The number of hydrogen-bond acceptors (Lipinski definition) is 12. The van der Waals surface area contributed by atoms with Crippen LogP contribution in [0.5, 0.6) is 0 Å². The summed E-state index contributed by atoms with van der Waals surface area (Å²) in [5, 5.41) is 33.4. The minimum atomic E-state index is -3.77. The van der Waals surface area contributed by atoms with Crippen LogP contribution in [-0.2, 0) is 18.3 Å². The fourth-order valence-corrected chi connectivity index (χ4v) is 5.06. The van der Waals surface area contributed by atoms with E-state index in [1.807, 2.05) is 0 Å². The van der Waals surface area contributed by atoms with Crippen molar-refractivity contribution in [2.75, 3.05) is 42.4 Å². The molecule has 0 unspecified atom stereocenters. The molecule has 4 atom stereocenters. The average molecular weight is 419 g/mol. The van der Waals surface area contributed by atoms with Crippen molar-refractivity contribution in [2.45, 2.75) is 44.8 Å². The van der Waals surface area contributed by atoms with Gasteiger partial charge in [-0.1, -0.05) is 0 Å². The summed E-state index contributed by atoms with van der Waals surface area (Å²) >= 11 is 0. The number of nitrogens with one attached hydrogen (secondary N) is 1. The SMILES string of the molecule is CCOP(=O)(OCC)c1nc(N)nc2c1NCN2[C@@H]1O[C@H](CO)[C@@H](O)[C@@]1(C)O. The Balaban J connectivity index is 2.05. The normalized spacial score (nSPS) is 29.8. The third-order valence-corrected chi connectivity index (χ3v) is 6.70. The zero-order valence-electron chi connectivity index (χ0n) is 15.9. The number of aliphatic hydroxyl groups is 3. The van der Waals surface area contributed by atoms with E-state index >= 15 is 0 Å². The van der Waals surface area contributed by atoms with E-state index in [0.29, 0.717) is 0 Å². The van der Waals surface area contributed by atoms with Crippen molar-refractivity contribution in [1.29, 1.82) is 0 Å². The van der Waals surface area contributed by atoms with Crippen molar-refractivity contribution >= 4 is 30.5 Å². The first kappa shape index (κ1) is 21.2. The second kappa shape index (κ2) is 7.71. The predicted octanol–water partition coefficient (Wildman–Crippen LogP) is -1.03. The molecule has 13 heteroatoms. The van der Waals surface area contributed by atoms with Crippen LogP contribution in [0.3, 0.4) is 0 Å². The standard InChI is InChI=1S/C15H26N5O7P/c1-4-25-28(24,26-5-2)12-9-11(18-14(16)19-12)20(7-17-9)13-15(3,23)10(22)8(6-21)27-13/h8,10,13,17,21-23H,4-7H2,1-3H3,(H2,16,18,19)/t8-,10-,13-,15-/m1/s1. The number of hydrogen-bond donors (Lipinski definition) is 5. The Kier molecular flexibility index (Phi) is 5.84. The van der Waals surface area contributed by atoms with E-state index in [-0.39, 0.29) is 42.8 Å². The van der Waals surface area contributed by atoms with Gasteiger partial charge in [-0.05, 0) is 20.8 Å². The molecule has 6 N–H and O–H groups in total. The maximum atomic E-state index is 13.2. The molecule has 12 nitrogen and oxygen atoms in total. The molecule has 0 radical (unpaired) electrons. The number of nitrogens with two attached hydrogens (primary N) is 1. The van der Waals surface area contributed by atoms with Crippen LogP contribution >= 0.6 is 7.60 Å². The van der Waals surface area contributed by atoms with E-state index in [0.717, 1.165) is 0 Å². The number of rotatable bonds is 7. The molecule has 1 aromatic heterocycles. The summed E-state index contributed by atoms with van der Waals surface area (Å²) in [6.07, 6.45) is -3.34. The summed E-state index contributed by atoms with van der Waals surface area (Å²) in [6, 6.07) is 0. The Bertz CT molecular complexity index is 769. The van der Waals surface area contributed by atoms with E-state index in [9.17, 15) is 19.9 Å². The topological polar surface area (TPSA) is 173 Å². The molecule has 0 spiro atoms. The van der Waals surface area contributed by atoms with Crippen molar-refractivity contribution in [3.8, 4) is 0 Å². The zero-order valence-corrected chi connectivity index (χ0v) is 16.8. The molecule has 2 aliphatic rings. The molecular weight excluding hydrogens is 393 g/mol. The summed E-state index contributed by atoms with van der Waals surface area (Å²) in [5.74, 6) is 0.0529. The van der Waals surface area contributed by atoms with Crippen LogP contribution < -0.4 is 21.4 Å². The van der Waals surface area contributed by atoms with Crippen LogP contribution in [0.15, 0.2) is 0 Å². The zero-order chi connectivity index (χ0) is 20.7. The molecule has 1 fully saturated rings. The molecule has 0 bridgehead atoms. The fraction of sp³-hybridized carbons (Fsp3) is 0.733. The van der Waals surface area contributed by atoms with Gasteiger partial charge in [-0.3, -0.25) is 4.57 Å². The van der Waals surface area contributed by atoms with Crippen molar-refractivity contribution in [1.82, 2.24) is 9.97 Å². The Morgan fingerprint density at radius 2 is 2.04 bits per heavy atom. The number of ether oxygens (including phenoxy) is 1. The van der Waals surface area contributed by atoms with Crippen LogP contribution in [0.2, 0.25) is 0 Å². The molecule has 0 saturated carbocycles. The minimum Gasteiger partial charge on any atom is -0.394 e. The highest BCUT2D eigenvalue weighted by Gasteiger charge is 2.56. The Hall–Kier alpha value is -1.53. The van der Waals surface area contributed by atoms with Crippen molar-refractivity contribution in [3.63, 3.8) is 0 Å². The molecule has 0 aromatic carbocycles. The average Bonchev–Trinajstić information content (AvgIpc) is 3.13. The number of nitrogen functional groups attached to an aromatic ring is 1. The van der Waals surface area contributed by atoms with Gasteiger partial charge >= 0.3 is 7.60 Å². The number of aliphatic hydroxyl groups excluding tert-OH is 2. The van der Waals surface area contributed by atoms with Gasteiger partial charge in [0.2, 0.25) is 5.95 Å². The van der Waals surface area contributed by atoms with Gasteiger partial charge in [0.25, 0.3) is 0 Å². The molecule has 1 aromatic rings. The van der Waals surface area contributed by atoms with Crippen LogP contribution in [0.4, 0.5) is 17.5 Å². The molecule has 3 rings (SSSR count). The largest absolute Gasteiger partial charge is 0.394 e. The van der Waals surface area contributed by atoms with Crippen molar-refractivity contribution in [3.05, 3.63) is 0 Å². The quantitative estimate of drug-likeness (QED) is 0.341. The molecule has 0 aliphatic carbocycles. The lowest BCUT2D eigenvalue weighted by Gasteiger charge is -2.33. The Labute approximate surface area is 162 Å². The molecule has 158 valence electrons. The first-order valence-electron chi connectivity index (χ1n) is 8.94. The second-order valence-electron chi connectivity index (χ2n) is 6.62. The van der Waals surface area contributed by atoms with Gasteiger partial charge in [0.05, 0.1) is 26.5 Å². The maximum absolute atomic E-state index is 13.2. The van der Waals surface area contributed by atoms with E-state index < -0.39 is 38.2 Å². The van der Waals surface area contributed by atoms with E-state index in [2.05, 4.69) is 15.3 Å². The predicted molar refractivity (Wildman–Crippen MR) is 100 cm³/mol. The first-order chi connectivity index (χ1) is 13.2. The minimum absolute atomic E-state index is 0.0157. The molecular formula is C15H26N5O7P. The highest BCUT2D eigenvalue weighted by atomic mass is 31.2. The van der Waals surface area contributed by atoms with E-state index in [4.69, 9.17) is 19.5 Å². The van der Waals surface area contributed by atoms with Crippen LogP contribution in [0, 0.1) is 0 Å². The smallest absolute Gasteiger partial charge is 0.381 e. The lowest BCUT2D eigenvalue weighted by Crippen LogP contribution is -2.53. The lowest BCUT2D eigenvalue weighted by atomic mass is 9.96. The summed E-state index contributed by atoms with van der Waals surface area (Å²) in [6.45, 7) is 4.64.